The molecule has 0 aliphatic carbocycles. The second-order valence-corrected chi connectivity index (χ2v) is 8.77. The Morgan fingerprint density at radius 2 is 1.97 bits per heavy atom. The molecule has 1 aliphatic rings. The van der Waals surface area contributed by atoms with Crippen LogP contribution in [0.4, 0.5) is 4.39 Å². The molecule has 1 saturated heterocycles. The van der Waals surface area contributed by atoms with Gasteiger partial charge in [0.05, 0.1) is 10.9 Å². The maximum Gasteiger partial charge on any atom is 0.354 e. The van der Waals surface area contributed by atoms with Gasteiger partial charge in [-0.15, -0.1) is 0 Å². The summed E-state index contributed by atoms with van der Waals surface area (Å²) in [5, 5.41) is 0.699. The molecular formula is C25H23ClFNO6. The Labute approximate surface area is 200 Å². The normalized spacial score (nSPS) is 17.4. The summed E-state index contributed by atoms with van der Waals surface area (Å²) in [7, 11) is 1.92. The van der Waals surface area contributed by atoms with Gasteiger partial charge in [0.1, 0.15) is 17.1 Å². The van der Waals surface area contributed by atoms with E-state index < -0.39 is 29.5 Å². The van der Waals surface area contributed by atoms with Crippen molar-refractivity contribution in [1.82, 2.24) is 4.90 Å². The zero-order valence-corrected chi connectivity index (χ0v) is 19.4. The zero-order valence-electron chi connectivity index (χ0n) is 18.7. The van der Waals surface area contributed by atoms with Crippen LogP contribution in [0.15, 0.2) is 51.7 Å². The van der Waals surface area contributed by atoms with E-state index in [1.165, 1.54) is 31.2 Å². The van der Waals surface area contributed by atoms with E-state index in [1.54, 1.807) is 12.1 Å². The van der Waals surface area contributed by atoms with Gasteiger partial charge in [-0.3, -0.25) is 4.79 Å². The lowest BCUT2D eigenvalue weighted by Crippen LogP contribution is -2.39. The van der Waals surface area contributed by atoms with Crippen molar-refractivity contribution in [3.05, 3.63) is 63.7 Å². The molecule has 0 saturated carbocycles. The number of nitrogens with zero attached hydrogens (tertiary/aromatic N) is 1. The number of likely N-dealkylation sites (tertiary alicyclic amines) is 1. The van der Waals surface area contributed by atoms with Crippen LogP contribution in [0.5, 0.6) is 5.75 Å². The largest absolute Gasteiger partial charge is 0.479 e. The molecule has 1 fully saturated rings. The van der Waals surface area contributed by atoms with Crippen molar-refractivity contribution in [2.45, 2.75) is 25.9 Å². The molecule has 0 radical (unpaired) electrons. The van der Waals surface area contributed by atoms with Crippen molar-refractivity contribution in [1.29, 1.82) is 0 Å². The molecule has 1 aromatic heterocycles. The Morgan fingerprint density at radius 1 is 1.18 bits per heavy atom. The fraction of sp³-hybridized carbons (Fsp3) is 0.320. The number of carbonyl (C=O) groups is 2. The summed E-state index contributed by atoms with van der Waals surface area (Å²) in [6.07, 6.45) is 0.476. The summed E-state index contributed by atoms with van der Waals surface area (Å²) in [4.78, 5) is 38.9. The summed E-state index contributed by atoms with van der Waals surface area (Å²) in [5.41, 5.74) is 0.509. The molecule has 9 heteroatoms. The third-order valence-corrected chi connectivity index (χ3v) is 6.05. The standard InChI is InChI=1S/C25H23ClFNO6/c1-14(24(30)34-25(31)15-4-3-9-28(2)13-15)32-17-6-8-19-20(12-23(29)33-22(19)11-17)18-7-5-16(27)10-21(18)26/h5-8,10-12,14-15H,3-4,9,13H2,1-2H3/t14-,15+/m1/s1. The topological polar surface area (TPSA) is 86.0 Å². The van der Waals surface area contributed by atoms with Crippen molar-refractivity contribution < 1.29 is 27.9 Å². The SMILES string of the molecule is C[C@@H](Oc1ccc2c(-c3ccc(F)cc3Cl)cc(=O)oc2c1)C(=O)OC(=O)[C@H]1CCCN(C)C1. The highest BCUT2D eigenvalue weighted by atomic mass is 35.5. The first-order chi connectivity index (χ1) is 16.2. The van der Waals surface area contributed by atoms with E-state index in [1.807, 2.05) is 11.9 Å². The molecule has 3 aromatic rings. The molecule has 0 spiro atoms. The number of carbonyl (C=O) groups excluding carboxylic acids is 2. The quantitative estimate of drug-likeness (QED) is 0.299. The van der Waals surface area contributed by atoms with Gasteiger partial charge in [-0.2, -0.15) is 0 Å². The lowest BCUT2D eigenvalue weighted by atomic mass is 9.99. The van der Waals surface area contributed by atoms with Crippen LogP contribution >= 0.6 is 11.6 Å². The number of benzene rings is 2. The Bertz CT molecular complexity index is 1310. The van der Waals surface area contributed by atoms with E-state index >= 15 is 0 Å². The maximum absolute atomic E-state index is 13.5. The van der Waals surface area contributed by atoms with Crippen LogP contribution in [-0.4, -0.2) is 43.1 Å². The first kappa shape index (κ1) is 23.9. The number of hydrogen-bond acceptors (Lipinski definition) is 7. The van der Waals surface area contributed by atoms with Crippen LogP contribution in [0.25, 0.3) is 22.1 Å². The van der Waals surface area contributed by atoms with Gasteiger partial charge in [-0.1, -0.05) is 11.6 Å². The van der Waals surface area contributed by atoms with Crippen LogP contribution in [-0.2, 0) is 14.3 Å². The molecule has 2 atom stereocenters. The smallest absolute Gasteiger partial charge is 0.354 e. The summed E-state index contributed by atoms with van der Waals surface area (Å²) in [6, 6.07) is 9.85. The second kappa shape index (κ2) is 9.95. The molecule has 0 N–H and O–H groups in total. The molecule has 0 bridgehead atoms. The highest BCUT2D eigenvalue weighted by molar-refractivity contribution is 6.33. The highest BCUT2D eigenvalue weighted by Crippen LogP contribution is 2.34. The van der Waals surface area contributed by atoms with Crippen molar-refractivity contribution in [2.75, 3.05) is 20.1 Å². The average Bonchev–Trinajstić information content (AvgIpc) is 2.78. The molecule has 0 unspecified atom stereocenters. The summed E-state index contributed by atoms with van der Waals surface area (Å²) in [5.74, 6) is -1.95. The molecule has 34 heavy (non-hydrogen) atoms. The van der Waals surface area contributed by atoms with Gasteiger partial charge >= 0.3 is 17.6 Å². The Hall–Kier alpha value is -3.23. The Balaban J connectivity index is 1.52. The number of hydrogen-bond donors (Lipinski definition) is 0. The molecule has 7 nitrogen and oxygen atoms in total. The summed E-state index contributed by atoms with van der Waals surface area (Å²) >= 11 is 6.18. The van der Waals surface area contributed by atoms with Gasteiger partial charge in [-0.05, 0) is 63.7 Å². The third-order valence-electron chi connectivity index (χ3n) is 5.74. The van der Waals surface area contributed by atoms with Gasteiger partial charge in [0.2, 0.25) is 0 Å². The van der Waals surface area contributed by atoms with Crippen molar-refractivity contribution in [3.8, 4) is 16.9 Å². The maximum atomic E-state index is 13.5. The van der Waals surface area contributed by atoms with Crippen LogP contribution < -0.4 is 10.4 Å². The van der Waals surface area contributed by atoms with Crippen LogP contribution in [0.1, 0.15) is 19.8 Å². The van der Waals surface area contributed by atoms with Gasteiger partial charge in [0, 0.05) is 35.2 Å². The third kappa shape index (κ3) is 5.29. The first-order valence-electron chi connectivity index (χ1n) is 10.9. The lowest BCUT2D eigenvalue weighted by molar-refractivity contribution is -0.168. The van der Waals surface area contributed by atoms with Crippen molar-refractivity contribution in [3.63, 3.8) is 0 Å². The Kier molecular flexibility index (Phi) is 7.00. The van der Waals surface area contributed by atoms with Gasteiger partial charge in [0.25, 0.3) is 0 Å². The molecule has 2 aromatic carbocycles. The van der Waals surface area contributed by atoms with E-state index in [0.29, 0.717) is 29.5 Å². The molecule has 1 aliphatic heterocycles. The van der Waals surface area contributed by atoms with Crippen molar-refractivity contribution >= 4 is 34.5 Å². The van der Waals surface area contributed by atoms with E-state index in [2.05, 4.69) is 0 Å². The molecule has 4 rings (SSSR count). The first-order valence-corrected chi connectivity index (χ1v) is 11.2. The summed E-state index contributed by atoms with van der Waals surface area (Å²) < 4.78 is 29.4. The predicted octanol–water partition coefficient (Wildman–Crippen LogP) is 4.43. The van der Waals surface area contributed by atoms with Gasteiger partial charge in [0.15, 0.2) is 6.10 Å². The second-order valence-electron chi connectivity index (χ2n) is 8.36. The minimum Gasteiger partial charge on any atom is -0.479 e. The van der Waals surface area contributed by atoms with Crippen LogP contribution in [0, 0.1) is 11.7 Å². The number of halogens is 2. The minimum atomic E-state index is -1.07. The zero-order chi connectivity index (χ0) is 24.4. The molecule has 2 heterocycles. The van der Waals surface area contributed by atoms with Crippen molar-refractivity contribution in [2.24, 2.45) is 5.92 Å². The molecular weight excluding hydrogens is 465 g/mol. The van der Waals surface area contributed by atoms with Gasteiger partial charge in [-0.25, -0.2) is 14.0 Å². The van der Waals surface area contributed by atoms with Crippen LogP contribution in [0.2, 0.25) is 5.02 Å². The number of piperidine rings is 1. The minimum absolute atomic E-state index is 0.150. The fourth-order valence-electron chi connectivity index (χ4n) is 4.02. The molecule has 0 amide bonds. The predicted molar refractivity (Wildman–Crippen MR) is 124 cm³/mol. The molecule has 178 valence electrons. The van der Waals surface area contributed by atoms with E-state index in [4.69, 9.17) is 25.5 Å². The van der Waals surface area contributed by atoms with E-state index in [0.717, 1.165) is 19.0 Å². The Morgan fingerprint density at radius 3 is 2.71 bits per heavy atom. The van der Waals surface area contributed by atoms with E-state index in [9.17, 15) is 18.8 Å². The monoisotopic (exact) mass is 487 g/mol. The lowest BCUT2D eigenvalue weighted by Gasteiger charge is -2.28. The highest BCUT2D eigenvalue weighted by Gasteiger charge is 2.29. The average molecular weight is 488 g/mol. The number of esters is 2. The van der Waals surface area contributed by atoms with E-state index in [-0.39, 0.29) is 22.3 Å². The summed E-state index contributed by atoms with van der Waals surface area (Å²) in [6.45, 7) is 2.92. The fourth-order valence-corrected chi connectivity index (χ4v) is 4.29. The van der Waals surface area contributed by atoms with Crippen LogP contribution in [0.3, 0.4) is 0 Å². The number of ether oxygens (including phenoxy) is 2. The number of fused-ring (bicyclic) bond motifs is 1. The van der Waals surface area contributed by atoms with Gasteiger partial charge < -0.3 is 18.8 Å². The number of rotatable bonds is 5.